The molecule has 0 aromatic rings. The second kappa shape index (κ2) is 16.2. The fraction of sp³-hybridized carbons (Fsp3) is 0.810. The van der Waals surface area contributed by atoms with E-state index in [1.165, 1.54) is 38.5 Å². The van der Waals surface area contributed by atoms with Gasteiger partial charge in [0.15, 0.2) is 0 Å². The van der Waals surface area contributed by atoms with Crippen LogP contribution in [0.25, 0.3) is 0 Å². The van der Waals surface area contributed by atoms with Crippen molar-refractivity contribution in [3.8, 4) is 0 Å². The normalized spacial score (nSPS) is 12.4. The maximum Gasteiger partial charge on any atom is 0.307 e. The van der Waals surface area contributed by atoms with E-state index in [1.807, 2.05) is 13.8 Å². The van der Waals surface area contributed by atoms with Gasteiger partial charge in [-0.05, 0) is 46.0 Å². The van der Waals surface area contributed by atoms with Gasteiger partial charge < -0.3 is 10.0 Å². The first-order valence-electron chi connectivity index (χ1n) is 10.2. The number of hydrogen-bond acceptors (Lipinski definition) is 2. The van der Waals surface area contributed by atoms with Crippen molar-refractivity contribution >= 4 is 11.9 Å². The van der Waals surface area contributed by atoms with Gasteiger partial charge in [0.2, 0.25) is 5.91 Å². The Morgan fingerprint density at radius 3 is 2.00 bits per heavy atom. The molecule has 0 bridgehead atoms. The molecule has 0 rings (SSSR count). The number of carbonyl (C=O) groups excluding carboxylic acids is 1. The molecule has 1 amide bonds. The quantitative estimate of drug-likeness (QED) is 0.297. The minimum atomic E-state index is -0.850. The lowest BCUT2D eigenvalue weighted by Crippen LogP contribution is -2.33. The molecule has 0 radical (unpaired) electrons. The SMILES string of the molecule is CCCCCCCC/C=C/CCCC(CC(=O)N(CC)CC)C(=O)O. The van der Waals surface area contributed by atoms with E-state index in [-0.39, 0.29) is 12.3 Å². The molecule has 0 aliphatic carbocycles. The Morgan fingerprint density at radius 2 is 1.44 bits per heavy atom. The third-order valence-corrected chi connectivity index (χ3v) is 4.70. The Labute approximate surface area is 154 Å². The summed E-state index contributed by atoms with van der Waals surface area (Å²) in [6.45, 7) is 7.36. The molecule has 0 heterocycles. The van der Waals surface area contributed by atoms with Gasteiger partial charge in [-0.3, -0.25) is 9.59 Å². The zero-order valence-corrected chi connectivity index (χ0v) is 16.6. The smallest absolute Gasteiger partial charge is 0.307 e. The standard InChI is InChI=1S/C21H39NO3/c1-4-7-8-9-10-11-12-13-14-15-16-17-19(21(24)25)18-20(23)22(5-2)6-3/h13-14,19H,4-12,15-18H2,1-3H3,(H,24,25)/b14-13+. The molecule has 0 aliphatic rings. The van der Waals surface area contributed by atoms with Crippen molar-refractivity contribution in [3.05, 3.63) is 12.2 Å². The molecule has 0 aliphatic heterocycles. The van der Waals surface area contributed by atoms with Crippen molar-refractivity contribution in [3.63, 3.8) is 0 Å². The van der Waals surface area contributed by atoms with E-state index < -0.39 is 11.9 Å². The van der Waals surface area contributed by atoms with Crippen LogP contribution in [0.2, 0.25) is 0 Å². The summed E-state index contributed by atoms with van der Waals surface area (Å²) in [7, 11) is 0. The minimum absolute atomic E-state index is 0.0454. The van der Waals surface area contributed by atoms with Crippen molar-refractivity contribution in [2.24, 2.45) is 5.92 Å². The molecule has 1 N–H and O–H groups in total. The molecule has 25 heavy (non-hydrogen) atoms. The van der Waals surface area contributed by atoms with Crippen LogP contribution >= 0.6 is 0 Å². The van der Waals surface area contributed by atoms with E-state index in [9.17, 15) is 14.7 Å². The highest BCUT2D eigenvalue weighted by Crippen LogP contribution is 2.16. The number of carboxylic acid groups (broad SMARTS) is 1. The monoisotopic (exact) mass is 353 g/mol. The molecule has 4 heteroatoms. The van der Waals surface area contributed by atoms with Crippen LogP contribution in [0.3, 0.4) is 0 Å². The second-order valence-corrected chi connectivity index (χ2v) is 6.76. The number of nitrogens with zero attached hydrogens (tertiary/aromatic N) is 1. The van der Waals surface area contributed by atoms with E-state index in [2.05, 4.69) is 19.1 Å². The van der Waals surface area contributed by atoms with Crippen LogP contribution in [0.1, 0.15) is 91.4 Å². The Hall–Kier alpha value is -1.32. The van der Waals surface area contributed by atoms with Crippen LogP contribution in [0.4, 0.5) is 0 Å². The highest BCUT2D eigenvalue weighted by Gasteiger charge is 2.22. The fourth-order valence-electron chi connectivity index (χ4n) is 2.99. The van der Waals surface area contributed by atoms with Gasteiger partial charge in [-0.1, -0.05) is 51.2 Å². The van der Waals surface area contributed by atoms with Gasteiger partial charge in [-0.15, -0.1) is 0 Å². The van der Waals surface area contributed by atoms with Gasteiger partial charge in [0.05, 0.1) is 5.92 Å². The molecular weight excluding hydrogens is 314 g/mol. The van der Waals surface area contributed by atoms with E-state index in [0.29, 0.717) is 19.5 Å². The largest absolute Gasteiger partial charge is 0.481 e. The lowest BCUT2D eigenvalue weighted by Gasteiger charge is -2.20. The van der Waals surface area contributed by atoms with E-state index in [4.69, 9.17) is 0 Å². The van der Waals surface area contributed by atoms with Crippen molar-refractivity contribution in [1.29, 1.82) is 0 Å². The molecule has 0 saturated heterocycles. The van der Waals surface area contributed by atoms with Gasteiger partial charge >= 0.3 is 5.97 Å². The number of rotatable bonds is 16. The number of aliphatic carboxylic acids is 1. The number of carbonyl (C=O) groups is 2. The van der Waals surface area contributed by atoms with Crippen LogP contribution in [0.5, 0.6) is 0 Å². The zero-order chi connectivity index (χ0) is 18.9. The Kier molecular flexibility index (Phi) is 15.3. The third-order valence-electron chi connectivity index (χ3n) is 4.70. The first-order chi connectivity index (χ1) is 12.1. The maximum atomic E-state index is 12.1. The number of carboxylic acids is 1. The Morgan fingerprint density at radius 1 is 0.880 bits per heavy atom. The number of hydrogen-bond donors (Lipinski definition) is 1. The number of allylic oxidation sites excluding steroid dienone is 2. The molecule has 0 fully saturated rings. The lowest BCUT2D eigenvalue weighted by molar-refractivity contribution is -0.146. The van der Waals surface area contributed by atoms with Crippen LogP contribution in [0, 0.1) is 5.92 Å². The first-order valence-corrected chi connectivity index (χ1v) is 10.2. The highest BCUT2D eigenvalue weighted by molar-refractivity contribution is 5.82. The van der Waals surface area contributed by atoms with Gasteiger partial charge in [0.25, 0.3) is 0 Å². The molecule has 1 unspecified atom stereocenters. The molecule has 4 nitrogen and oxygen atoms in total. The summed E-state index contributed by atoms with van der Waals surface area (Å²) >= 11 is 0. The summed E-state index contributed by atoms with van der Waals surface area (Å²) in [5.74, 6) is -1.45. The summed E-state index contributed by atoms with van der Waals surface area (Å²) in [6, 6.07) is 0. The third kappa shape index (κ3) is 12.7. The van der Waals surface area contributed by atoms with E-state index in [1.54, 1.807) is 4.90 Å². The average molecular weight is 354 g/mol. The summed E-state index contributed by atoms with van der Waals surface area (Å²) in [4.78, 5) is 25.1. The topological polar surface area (TPSA) is 57.6 Å². The Balaban J connectivity index is 3.88. The van der Waals surface area contributed by atoms with E-state index in [0.717, 1.165) is 19.3 Å². The predicted octanol–water partition coefficient (Wildman–Crippen LogP) is 5.42. The lowest BCUT2D eigenvalue weighted by atomic mass is 9.97. The predicted molar refractivity (Wildman–Crippen MR) is 105 cm³/mol. The second-order valence-electron chi connectivity index (χ2n) is 6.76. The van der Waals surface area contributed by atoms with Gasteiger partial charge in [0, 0.05) is 19.5 Å². The van der Waals surface area contributed by atoms with Gasteiger partial charge in [-0.25, -0.2) is 0 Å². The molecule has 0 aromatic heterocycles. The van der Waals surface area contributed by atoms with Crippen LogP contribution in [-0.2, 0) is 9.59 Å². The Bertz CT molecular complexity index is 375. The summed E-state index contributed by atoms with van der Waals surface area (Å²) < 4.78 is 0. The van der Waals surface area contributed by atoms with Crippen molar-refractivity contribution in [1.82, 2.24) is 4.90 Å². The fourth-order valence-corrected chi connectivity index (χ4v) is 2.99. The minimum Gasteiger partial charge on any atom is -0.481 e. The first kappa shape index (κ1) is 23.7. The molecular formula is C21H39NO3. The van der Waals surface area contributed by atoms with Crippen LogP contribution < -0.4 is 0 Å². The van der Waals surface area contributed by atoms with Crippen LogP contribution in [0.15, 0.2) is 12.2 Å². The molecule has 0 spiro atoms. The number of amides is 1. The van der Waals surface area contributed by atoms with Gasteiger partial charge in [-0.2, -0.15) is 0 Å². The molecule has 146 valence electrons. The van der Waals surface area contributed by atoms with Crippen molar-refractivity contribution in [2.45, 2.75) is 91.4 Å². The maximum absolute atomic E-state index is 12.1. The van der Waals surface area contributed by atoms with E-state index >= 15 is 0 Å². The van der Waals surface area contributed by atoms with Gasteiger partial charge in [0.1, 0.15) is 0 Å². The molecule has 0 aromatic carbocycles. The molecule has 1 atom stereocenters. The number of unbranched alkanes of at least 4 members (excludes halogenated alkanes) is 7. The summed E-state index contributed by atoms with van der Waals surface area (Å²) in [5.41, 5.74) is 0. The van der Waals surface area contributed by atoms with Crippen molar-refractivity contribution < 1.29 is 14.7 Å². The summed E-state index contributed by atoms with van der Waals surface area (Å²) in [6.07, 6.45) is 15.8. The molecule has 0 saturated carbocycles. The summed E-state index contributed by atoms with van der Waals surface area (Å²) in [5, 5.41) is 9.32. The van der Waals surface area contributed by atoms with Crippen molar-refractivity contribution in [2.75, 3.05) is 13.1 Å². The highest BCUT2D eigenvalue weighted by atomic mass is 16.4. The van der Waals surface area contributed by atoms with Crippen LogP contribution in [-0.4, -0.2) is 35.0 Å². The average Bonchev–Trinajstić information content (AvgIpc) is 2.59. The zero-order valence-electron chi connectivity index (χ0n) is 16.6.